The molecule has 1 aromatic rings. The average molecular weight is 330 g/mol. The van der Waals surface area contributed by atoms with Crippen molar-refractivity contribution in [1.29, 1.82) is 0 Å². The van der Waals surface area contributed by atoms with E-state index in [0.29, 0.717) is 45.8 Å². The molecule has 3 rings (SSSR count). The number of carbonyl (C=O) groups excluding carboxylic acids is 2. The third-order valence-corrected chi connectivity index (χ3v) is 5.00. The maximum absolute atomic E-state index is 12.5. The number of amides is 2. The highest BCUT2D eigenvalue weighted by Crippen LogP contribution is 2.21. The first-order valence-corrected chi connectivity index (χ1v) is 8.83. The van der Waals surface area contributed by atoms with Crippen LogP contribution in [0.25, 0.3) is 0 Å². The monoisotopic (exact) mass is 330 g/mol. The third kappa shape index (κ3) is 4.15. The zero-order valence-corrected chi connectivity index (χ0v) is 14.4. The molecule has 0 saturated carbocycles. The molecule has 0 aliphatic carbocycles. The SMILES string of the molecule is Cc1ccc(CC(=O)N2CCC(C(=O)N3CCOCC3)CC2)cc1. The summed E-state index contributed by atoms with van der Waals surface area (Å²) in [5.41, 5.74) is 2.26. The quantitative estimate of drug-likeness (QED) is 0.846. The molecule has 0 unspecified atom stereocenters. The van der Waals surface area contributed by atoms with Crippen LogP contribution in [0, 0.1) is 12.8 Å². The molecule has 2 amide bonds. The van der Waals surface area contributed by atoms with Crippen molar-refractivity contribution in [2.75, 3.05) is 39.4 Å². The van der Waals surface area contributed by atoms with Gasteiger partial charge in [0.25, 0.3) is 0 Å². The maximum atomic E-state index is 12.5. The number of likely N-dealkylation sites (tertiary alicyclic amines) is 1. The van der Waals surface area contributed by atoms with E-state index < -0.39 is 0 Å². The summed E-state index contributed by atoms with van der Waals surface area (Å²) in [6.07, 6.45) is 1.99. The van der Waals surface area contributed by atoms with Crippen molar-refractivity contribution in [3.8, 4) is 0 Å². The molecule has 5 nitrogen and oxygen atoms in total. The Hall–Kier alpha value is -1.88. The largest absolute Gasteiger partial charge is 0.378 e. The third-order valence-electron chi connectivity index (χ3n) is 5.00. The van der Waals surface area contributed by atoms with Gasteiger partial charge >= 0.3 is 0 Å². The molecule has 24 heavy (non-hydrogen) atoms. The van der Waals surface area contributed by atoms with E-state index in [1.165, 1.54) is 5.56 Å². The van der Waals surface area contributed by atoms with E-state index in [-0.39, 0.29) is 17.7 Å². The van der Waals surface area contributed by atoms with Crippen molar-refractivity contribution in [2.45, 2.75) is 26.2 Å². The van der Waals surface area contributed by atoms with Crippen LogP contribution in [0.2, 0.25) is 0 Å². The van der Waals surface area contributed by atoms with Gasteiger partial charge < -0.3 is 14.5 Å². The second kappa shape index (κ2) is 7.79. The first-order valence-electron chi connectivity index (χ1n) is 8.83. The second-order valence-electron chi connectivity index (χ2n) is 6.76. The molecule has 0 N–H and O–H groups in total. The Morgan fingerprint density at radius 2 is 1.62 bits per heavy atom. The van der Waals surface area contributed by atoms with E-state index in [1.807, 2.05) is 41.0 Å². The molecule has 1 aromatic carbocycles. The average Bonchev–Trinajstić information content (AvgIpc) is 2.64. The number of hydrogen-bond acceptors (Lipinski definition) is 3. The van der Waals surface area contributed by atoms with Gasteiger partial charge in [0.05, 0.1) is 19.6 Å². The summed E-state index contributed by atoms with van der Waals surface area (Å²) in [4.78, 5) is 28.8. The van der Waals surface area contributed by atoms with Gasteiger partial charge in [-0.15, -0.1) is 0 Å². The van der Waals surface area contributed by atoms with Gasteiger partial charge in [-0.25, -0.2) is 0 Å². The number of carbonyl (C=O) groups is 2. The van der Waals surface area contributed by atoms with E-state index >= 15 is 0 Å². The minimum Gasteiger partial charge on any atom is -0.378 e. The van der Waals surface area contributed by atoms with Crippen LogP contribution in [0.1, 0.15) is 24.0 Å². The van der Waals surface area contributed by atoms with Crippen LogP contribution in [-0.2, 0) is 20.7 Å². The fourth-order valence-corrected chi connectivity index (χ4v) is 3.41. The lowest BCUT2D eigenvalue weighted by molar-refractivity contribution is -0.143. The van der Waals surface area contributed by atoms with Gasteiger partial charge in [-0.05, 0) is 25.3 Å². The molecule has 2 fully saturated rings. The molecule has 2 heterocycles. The minimum atomic E-state index is 0.0616. The molecule has 5 heteroatoms. The number of morpholine rings is 1. The summed E-state index contributed by atoms with van der Waals surface area (Å²) in [5.74, 6) is 0.464. The molecule has 0 radical (unpaired) electrons. The molecular weight excluding hydrogens is 304 g/mol. The summed E-state index contributed by atoms with van der Waals surface area (Å²) in [6.45, 7) is 6.09. The number of nitrogens with zero attached hydrogens (tertiary/aromatic N) is 2. The van der Waals surface area contributed by atoms with Gasteiger partial charge in [0, 0.05) is 32.1 Å². The highest BCUT2D eigenvalue weighted by molar-refractivity contribution is 5.81. The van der Waals surface area contributed by atoms with Crippen LogP contribution in [0.5, 0.6) is 0 Å². The van der Waals surface area contributed by atoms with Crippen LogP contribution in [0.3, 0.4) is 0 Å². The number of hydrogen-bond donors (Lipinski definition) is 0. The predicted octanol–water partition coefficient (Wildman–Crippen LogP) is 1.63. The lowest BCUT2D eigenvalue weighted by atomic mass is 9.94. The molecular formula is C19H26N2O3. The summed E-state index contributed by atoms with van der Waals surface area (Å²) in [5, 5.41) is 0. The van der Waals surface area contributed by atoms with E-state index in [2.05, 4.69) is 0 Å². The Morgan fingerprint density at radius 1 is 1.00 bits per heavy atom. The van der Waals surface area contributed by atoms with Crippen molar-refractivity contribution >= 4 is 11.8 Å². The summed E-state index contributed by atoms with van der Waals surface area (Å²) in [6, 6.07) is 8.11. The van der Waals surface area contributed by atoms with Gasteiger partial charge in [-0.3, -0.25) is 9.59 Å². The predicted molar refractivity (Wildman–Crippen MR) is 91.6 cm³/mol. The van der Waals surface area contributed by atoms with Gasteiger partial charge in [-0.1, -0.05) is 29.8 Å². The molecule has 2 saturated heterocycles. The molecule has 0 atom stereocenters. The smallest absolute Gasteiger partial charge is 0.226 e. The van der Waals surface area contributed by atoms with E-state index in [1.54, 1.807) is 0 Å². The fraction of sp³-hybridized carbons (Fsp3) is 0.579. The highest BCUT2D eigenvalue weighted by Gasteiger charge is 2.30. The van der Waals surface area contributed by atoms with Crippen LogP contribution in [0.15, 0.2) is 24.3 Å². The van der Waals surface area contributed by atoms with Gasteiger partial charge in [0.2, 0.25) is 11.8 Å². The lowest BCUT2D eigenvalue weighted by Gasteiger charge is -2.35. The van der Waals surface area contributed by atoms with Crippen molar-refractivity contribution in [1.82, 2.24) is 9.80 Å². The molecule has 2 aliphatic heterocycles. The van der Waals surface area contributed by atoms with Crippen molar-refractivity contribution in [2.24, 2.45) is 5.92 Å². The van der Waals surface area contributed by atoms with Crippen LogP contribution in [0.4, 0.5) is 0 Å². The van der Waals surface area contributed by atoms with E-state index in [4.69, 9.17) is 4.74 Å². The molecule has 0 aromatic heterocycles. The summed E-state index contributed by atoms with van der Waals surface area (Å²) < 4.78 is 5.30. The zero-order chi connectivity index (χ0) is 16.9. The Labute approximate surface area is 143 Å². The standard InChI is InChI=1S/C19H26N2O3/c1-15-2-4-16(5-3-15)14-18(22)20-8-6-17(7-9-20)19(23)21-10-12-24-13-11-21/h2-5,17H,6-14H2,1H3. The summed E-state index contributed by atoms with van der Waals surface area (Å²) in [7, 11) is 0. The second-order valence-corrected chi connectivity index (χ2v) is 6.76. The Bertz CT molecular complexity index is 571. The van der Waals surface area contributed by atoms with Crippen molar-refractivity contribution in [3.05, 3.63) is 35.4 Å². The molecule has 2 aliphatic rings. The molecule has 0 bridgehead atoms. The lowest BCUT2D eigenvalue weighted by Crippen LogP contribution is -2.47. The van der Waals surface area contributed by atoms with Crippen LogP contribution >= 0.6 is 0 Å². The normalized spacial score (nSPS) is 19.4. The number of piperidine rings is 1. The van der Waals surface area contributed by atoms with Crippen LogP contribution in [-0.4, -0.2) is 61.0 Å². The minimum absolute atomic E-state index is 0.0616. The number of rotatable bonds is 3. The Morgan fingerprint density at radius 3 is 2.25 bits per heavy atom. The fourth-order valence-electron chi connectivity index (χ4n) is 3.41. The Kier molecular flexibility index (Phi) is 5.51. The maximum Gasteiger partial charge on any atom is 0.226 e. The first-order chi connectivity index (χ1) is 11.6. The van der Waals surface area contributed by atoms with E-state index in [0.717, 1.165) is 18.4 Å². The number of benzene rings is 1. The summed E-state index contributed by atoms with van der Waals surface area (Å²) >= 11 is 0. The number of ether oxygens (including phenoxy) is 1. The van der Waals surface area contributed by atoms with Gasteiger partial charge in [0.15, 0.2) is 0 Å². The Balaban J connectivity index is 1.48. The van der Waals surface area contributed by atoms with Gasteiger partial charge in [-0.2, -0.15) is 0 Å². The number of aryl methyl sites for hydroxylation is 1. The van der Waals surface area contributed by atoms with Crippen LogP contribution < -0.4 is 0 Å². The molecule has 0 spiro atoms. The van der Waals surface area contributed by atoms with Crippen molar-refractivity contribution < 1.29 is 14.3 Å². The van der Waals surface area contributed by atoms with E-state index in [9.17, 15) is 9.59 Å². The zero-order valence-electron chi connectivity index (χ0n) is 14.4. The highest BCUT2D eigenvalue weighted by atomic mass is 16.5. The topological polar surface area (TPSA) is 49.9 Å². The first kappa shape index (κ1) is 17.0. The van der Waals surface area contributed by atoms with Gasteiger partial charge in [0.1, 0.15) is 0 Å². The molecule has 130 valence electrons. The van der Waals surface area contributed by atoms with Crippen molar-refractivity contribution in [3.63, 3.8) is 0 Å².